The minimum atomic E-state index is -0.952. The summed E-state index contributed by atoms with van der Waals surface area (Å²) in [5.74, 6) is 0.653. The molecular formula is C23H27N3O3S. The van der Waals surface area contributed by atoms with E-state index in [1.165, 1.54) is 0 Å². The lowest BCUT2D eigenvalue weighted by Crippen LogP contribution is -2.71. The molecule has 6 nitrogen and oxygen atoms in total. The van der Waals surface area contributed by atoms with Crippen molar-refractivity contribution < 1.29 is 14.3 Å². The second-order valence-electron chi connectivity index (χ2n) is 7.99. The predicted molar refractivity (Wildman–Crippen MR) is 121 cm³/mol. The summed E-state index contributed by atoms with van der Waals surface area (Å²) in [5.41, 5.74) is 2.89. The number of para-hydroxylation sites is 1. The number of hydrogen-bond donors (Lipinski definition) is 2. The van der Waals surface area contributed by atoms with Crippen molar-refractivity contribution in [3.05, 3.63) is 53.1 Å². The Morgan fingerprint density at radius 3 is 2.77 bits per heavy atom. The number of anilines is 1. The van der Waals surface area contributed by atoms with Crippen LogP contribution in [0.25, 0.3) is 0 Å². The molecule has 158 valence electrons. The molecule has 2 N–H and O–H groups in total. The lowest BCUT2D eigenvalue weighted by atomic mass is 9.78. The number of nitrogens with zero attached hydrogens (tertiary/aromatic N) is 1. The maximum absolute atomic E-state index is 13.6. The maximum Gasteiger partial charge on any atom is 0.236 e. The zero-order chi connectivity index (χ0) is 21.6. The highest BCUT2D eigenvalue weighted by molar-refractivity contribution is 7.80. The first-order valence-electron chi connectivity index (χ1n) is 10.1. The topological polar surface area (TPSA) is 62.8 Å². The monoisotopic (exact) mass is 425 g/mol. The highest BCUT2D eigenvalue weighted by Gasteiger charge is 2.58. The van der Waals surface area contributed by atoms with Crippen molar-refractivity contribution in [1.82, 2.24) is 10.2 Å². The summed E-state index contributed by atoms with van der Waals surface area (Å²) >= 11 is 5.62. The fourth-order valence-corrected chi connectivity index (χ4v) is 5.06. The van der Waals surface area contributed by atoms with Crippen molar-refractivity contribution in [2.75, 3.05) is 19.0 Å². The summed E-state index contributed by atoms with van der Waals surface area (Å²) in [4.78, 5) is 15.6. The van der Waals surface area contributed by atoms with Crippen LogP contribution in [0.4, 0.5) is 5.69 Å². The molecular weight excluding hydrogens is 398 g/mol. The lowest BCUT2D eigenvalue weighted by Gasteiger charge is -2.56. The van der Waals surface area contributed by atoms with Gasteiger partial charge in [-0.15, -0.1) is 0 Å². The number of fused-ring (bicyclic) bond motifs is 4. The van der Waals surface area contributed by atoms with Gasteiger partial charge in [-0.2, -0.15) is 0 Å². The first kappa shape index (κ1) is 20.5. The van der Waals surface area contributed by atoms with Crippen LogP contribution < -0.4 is 20.1 Å². The predicted octanol–water partition coefficient (Wildman–Crippen LogP) is 3.93. The van der Waals surface area contributed by atoms with Crippen LogP contribution in [-0.4, -0.2) is 35.3 Å². The Morgan fingerprint density at radius 1 is 1.33 bits per heavy atom. The number of hydrogen-bond acceptors (Lipinski definition) is 4. The number of carbonyl (C=O) groups excluding carboxylic acids is 1. The third-order valence-electron chi connectivity index (χ3n) is 6.08. The highest BCUT2D eigenvalue weighted by atomic mass is 32.1. The number of benzene rings is 2. The Hall–Kier alpha value is -2.80. The summed E-state index contributed by atoms with van der Waals surface area (Å²) in [7, 11) is 1.62. The molecule has 0 aliphatic carbocycles. The van der Waals surface area contributed by atoms with Gasteiger partial charge in [0.1, 0.15) is 5.92 Å². The SMILES string of the molecule is CCN1C(=S)N[C@H]2c3cccc(OC)c3O[C@]1(C)[C@@H]2C(=O)Nc1ccc(C)cc1C. The fourth-order valence-electron chi connectivity index (χ4n) is 4.62. The molecule has 0 saturated carbocycles. The van der Waals surface area contributed by atoms with E-state index in [0.29, 0.717) is 23.2 Å². The van der Waals surface area contributed by atoms with Crippen LogP contribution in [0.3, 0.4) is 0 Å². The minimum absolute atomic E-state index is 0.114. The maximum atomic E-state index is 13.6. The van der Waals surface area contributed by atoms with Crippen molar-refractivity contribution >= 4 is 28.9 Å². The normalized spacial score (nSPS) is 24.4. The zero-order valence-corrected chi connectivity index (χ0v) is 18.7. The van der Waals surface area contributed by atoms with Gasteiger partial charge >= 0.3 is 0 Å². The third-order valence-corrected chi connectivity index (χ3v) is 6.42. The van der Waals surface area contributed by atoms with Gasteiger partial charge in [0, 0.05) is 17.8 Å². The molecule has 0 unspecified atom stereocenters. The molecule has 30 heavy (non-hydrogen) atoms. The number of nitrogens with one attached hydrogen (secondary N) is 2. The van der Waals surface area contributed by atoms with E-state index in [1.807, 2.05) is 62.9 Å². The molecule has 2 aliphatic rings. The van der Waals surface area contributed by atoms with E-state index >= 15 is 0 Å². The number of amides is 1. The minimum Gasteiger partial charge on any atom is -0.493 e. The van der Waals surface area contributed by atoms with E-state index in [1.54, 1.807) is 7.11 Å². The molecule has 2 aliphatic heterocycles. The fraction of sp³-hybridized carbons (Fsp3) is 0.391. The quantitative estimate of drug-likeness (QED) is 0.724. The third kappa shape index (κ3) is 3.08. The molecule has 2 aromatic rings. The largest absolute Gasteiger partial charge is 0.493 e. The molecule has 2 bridgehead atoms. The van der Waals surface area contributed by atoms with Gasteiger partial charge < -0.3 is 25.0 Å². The molecule has 7 heteroatoms. The van der Waals surface area contributed by atoms with Crippen LogP contribution in [0.1, 0.15) is 36.6 Å². The molecule has 0 aromatic heterocycles. The van der Waals surface area contributed by atoms with Gasteiger partial charge in [0.2, 0.25) is 5.91 Å². The summed E-state index contributed by atoms with van der Waals surface area (Å²) in [6, 6.07) is 11.4. The Labute approximate surface area is 182 Å². The first-order chi connectivity index (χ1) is 14.3. The van der Waals surface area contributed by atoms with Crippen LogP contribution in [0, 0.1) is 19.8 Å². The van der Waals surface area contributed by atoms with Crippen molar-refractivity contribution in [1.29, 1.82) is 0 Å². The second kappa shape index (κ2) is 7.47. The summed E-state index contributed by atoms with van der Waals surface area (Å²) in [6.45, 7) is 8.56. The van der Waals surface area contributed by atoms with Gasteiger partial charge in [-0.1, -0.05) is 29.8 Å². The number of aryl methyl sites for hydroxylation is 2. The number of carbonyl (C=O) groups is 1. The van der Waals surface area contributed by atoms with Crippen LogP contribution in [0.15, 0.2) is 36.4 Å². The summed E-state index contributed by atoms with van der Waals surface area (Å²) < 4.78 is 12.1. The van der Waals surface area contributed by atoms with Crippen molar-refractivity contribution in [3.8, 4) is 11.5 Å². The van der Waals surface area contributed by atoms with Gasteiger partial charge in [0.25, 0.3) is 0 Å². The van der Waals surface area contributed by atoms with Gasteiger partial charge in [-0.25, -0.2) is 0 Å². The van der Waals surface area contributed by atoms with Crippen LogP contribution in [-0.2, 0) is 4.79 Å². The zero-order valence-electron chi connectivity index (χ0n) is 17.9. The van der Waals surface area contributed by atoms with E-state index in [0.717, 1.165) is 22.4 Å². The van der Waals surface area contributed by atoms with E-state index in [4.69, 9.17) is 21.7 Å². The Bertz CT molecular complexity index is 1020. The average molecular weight is 426 g/mol. The van der Waals surface area contributed by atoms with Crippen LogP contribution in [0.2, 0.25) is 0 Å². The number of thiocarbonyl (C=S) groups is 1. The number of rotatable bonds is 4. The van der Waals surface area contributed by atoms with Crippen LogP contribution >= 0.6 is 12.2 Å². The standard InChI is InChI=1S/C23H27N3O3S/c1-6-26-22(30)25-19-15-8-7-9-17(28-5)20(15)29-23(26,4)18(19)21(27)24-16-11-10-13(2)12-14(16)3/h7-12,18-19H,6H2,1-5H3,(H,24,27)(H,25,30)/t18-,19-,23+/m0/s1. The number of methoxy groups -OCH3 is 1. The molecule has 1 amide bonds. The molecule has 1 saturated heterocycles. The smallest absolute Gasteiger partial charge is 0.236 e. The average Bonchev–Trinajstić information content (AvgIpc) is 2.69. The van der Waals surface area contributed by atoms with Crippen molar-refractivity contribution in [2.45, 2.75) is 39.5 Å². The molecule has 0 radical (unpaired) electrons. The van der Waals surface area contributed by atoms with Gasteiger partial charge in [0.15, 0.2) is 22.3 Å². The van der Waals surface area contributed by atoms with Gasteiger partial charge in [0.05, 0.1) is 13.2 Å². The molecule has 4 rings (SSSR count). The van der Waals surface area contributed by atoms with E-state index < -0.39 is 11.6 Å². The Kier molecular flexibility index (Phi) is 5.10. The molecule has 3 atom stereocenters. The van der Waals surface area contributed by atoms with Gasteiger partial charge in [-0.05, 0) is 57.6 Å². The lowest BCUT2D eigenvalue weighted by molar-refractivity contribution is -0.149. The van der Waals surface area contributed by atoms with E-state index in [2.05, 4.69) is 16.7 Å². The van der Waals surface area contributed by atoms with E-state index in [9.17, 15) is 4.79 Å². The number of ether oxygens (including phenoxy) is 2. The summed E-state index contributed by atoms with van der Waals surface area (Å²) in [6.07, 6.45) is 0. The summed E-state index contributed by atoms with van der Waals surface area (Å²) in [5, 5.41) is 7.08. The van der Waals surface area contributed by atoms with Crippen LogP contribution in [0.5, 0.6) is 11.5 Å². The molecule has 0 spiro atoms. The van der Waals surface area contributed by atoms with Crippen molar-refractivity contribution in [3.63, 3.8) is 0 Å². The Morgan fingerprint density at radius 2 is 2.10 bits per heavy atom. The van der Waals surface area contributed by atoms with Gasteiger partial charge in [-0.3, -0.25) is 4.79 Å². The molecule has 2 heterocycles. The second-order valence-corrected chi connectivity index (χ2v) is 8.38. The molecule has 1 fully saturated rings. The Balaban J connectivity index is 1.79. The molecule has 2 aromatic carbocycles. The highest BCUT2D eigenvalue weighted by Crippen LogP contribution is 2.51. The van der Waals surface area contributed by atoms with E-state index in [-0.39, 0.29) is 11.9 Å². The van der Waals surface area contributed by atoms with Crippen molar-refractivity contribution in [2.24, 2.45) is 5.92 Å². The first-order valence-corrected chi connectivity index (χ1v) is 10.5.